The molecule has 2 heterocycles. The average Bonchev–Trinajstić information content (AvgIpc) is 2.93. The monoisotopic (exact) mass is 263 g/mol. The van der Waals surface area contributed by atoms with Crippen molar-refractivity contribution in [1.29, 1.82) is 0 Å². The van der Waals surface area contributed by atoms with Crippen LogP contribution in [0, 0.1) is 6.92 Å². The molecule has 0 aliphatic heterocycles. The Morgan fingerprint density at radius 3 is 2.68 bits per heavy atom. The Morgan fingerprint density at radius 2 is 2.11 bits per heavy atom. The second kappa shape index (κ2) is 5.21. The predicted molar refractivity (Wildman–Crippen MR) is 68.1 cm³/mol. The Kier molecular flexibility index (Phi) is 3.64. The van der Waals surface area contributed by atoms with Crippen LogP contribution in [0.4, 0.5) is 0 Å². The Hall–Kier alpha value is -2.18. The number of aromatic carboxylic acids is 1. The molecule has 102 valence electrons. The summed E-state index contributed by atoms with van der Waals surface area (Å²) in [6, 6.07) is 1.98. The molecule has 0 amide bonds. The van der Waals surface area contributed by atoms with Gasteiger partial charge in [-0.1, -0.05) is 12.1 Å². The molecule has 2 rings (SSSR count). The number of rotatable bonds is 5. The molecule has 0 aliphatic carbocycles. The highest BCUT2D eigenvalue weighted by Gasteiger charge is 2.18. The van der Waals surface area contributed by atoms with Crippen LogP contribution in [0.5, 0.6) is 0 Å². The van der Waals surface area contributed by atoms with Gasteiger partial charge in [0.25, 0.3) is 0 Å². The van der Waals surface area contributed by atoms with Crippen molar-refractivity contribution in [2.24, 2.45) is 0 Å². The van der Waals surface area contributed by atoms with Crippen molar-refractivity contribution in [1.82, 2.24) is 24.8 Å². The molecule has 1 N–H and O–H groups in total. The summed E-state index contributed by atoms with van der Waals surface area (Å²) in [5, 5.41) is 21.1. The summed E-state index contributed by atoms with van der Waals surface area (Å²) in [6.07, 6.45) is 0.577. The molecule has 2 aromatic rings. The maximum absolute atomic E-state index is 11.0. The van der Waals surface area contributed by atoms with E-state index in [1.807, 2.05) is 31.5 Å². The van der Waals surface area contributed by atoms with E-state index >= 15 is 0 Å². The van der Waals surface area contributed by atoms with Gasteiger partial charge in [-0.25, -0.2) is 9.48 Å². The summed E-state index contributed by atoms with van der Waals surface area (Å²) in [4.78, 5) is 11.0. The molecule has 19 heavy (non-hydrogen) atoms. The lowest BCUT2D eigenvalue weighted by Gasteiger charge is -2.07. The van der Waals surface area contributed by atoms with E-state index in [0.29, 0.717) is 18.7 Å². The second-order valence-electron chi connectivity index (χ2n) is 4.29. The van der Waals surface area contributed by atoms with Crippen molar-refractivity contribution in [3.05, 3.63) is 28.8 Å². The van der Waals surface area contributed by atoms with E-state index in [4.69, 9.17) is 5.11 Å². The first-order valence-corrected chi connectivity index (χ1v) is 6.25. The highest BCUT2D eigenvalue weighted by molar-refractivity contribution is 5.86. The summed E-state index contributed by atoms with van der Waals surface area (Å²) in [7, 11) is 0. The van der Waals surface area contributed by atoms with Gasteiger partial charge in [0.1, 0.15) is 0 Å². The molecule has 0 aromatic carbocycles. The number of hydrogen-bond donors (Lipinski definition) is 1. The molecule has 0 spiro atoms. The first-order chi connectivity index (χ1) is 9.06. The molecule has 0 bridgehead atoms. The number of carboxylic acid groups (broad SMARTS) is 1. The fourth-order valence-electron chi connectivity index (χ4n) is 2.13. The summed E-state index contributed by atoms with van der Waals surface area (Å²) in [5.74, 6) is -1.04. The first-order valence-electron chi connectivity index (χ1n) is 6.25. The number of aromatic nitrogens is 5. The third-order valence-electron chi connectivity index (χ3n) is 2.97. The summed E-state index contributed by atoms with van der Waals surface area (Å²) >= 11 is 0. The molecular formula is C12H17N5O2. The zero-order valence-electron chi connectivity index (χ0n) is 11.3. The van der Waals surface area contributed by atoms with Crippen LogP contribution < -0.4 is 0 Å². The van der Waals surface area contributed by atoms with Gasteiger partial charge in [-0.3, -0.25) is 4.68 Å². The topological polar surface area (TPSA) is 85.8 Å². The molecule has 0 aliphatic rings. The van der Waals surface area contributed by atoms with Crippen molar-refractivity contribution >= 4 is 5.97 Å². The number of carbonyl (C=O) groups is 1. The molecule has 7 heteroatoms. The molecule has 0 atom stereocenters. The molecule has 2 aromatic heterocycles. The van der Waals surface area contributed by atoms with Crippen LogP contribution in [0.25, 0.3) is 0 Å². The summed E-state index contributed by atoms with van der Waals surface area (Å²) in [6.45, 7) is 7.09. The van der Waals surface area contributed by atoms with Crippen LogP contribution in [0.3, 0.4) is 0 Å². The van der Waals surface area contributed by atoms with E-state index in [1.165, 1.54) is 0 Å². The van der Waals surface area contributed by atoms with Crippen molar-refractivity contribution < 1.29 is 9.90 Å². The van der Waals surface area contributed by atoms with Crippen molar-refractivity contribution in [3.8, 4) is 0 Å². The largest absolute Gasteiger partial charge is 0.476 e. The van der Waals surface area contributed by atoms with Gasteiger partial charge in [-0.05, 0) is 26.3 Å². The van der Waals surface area contributed by atoms with E-state index in [1.54, 1.807) is 4.68 Å². The average molecular weight is 263 g/mol. The molecule has 0 unspecified atom stereocenters. The first kappa shape index (κ1) is 13.3. The maximum Gasteiger partial charge on any atom is 0.358 e. The highest BCUT2D eigenvalue weighted by Crippen LogP contribution is 2.11. The van der Waals surface area contributed by atoms with E-state index in [9.17, 15) is 4.79 Å². The highest BCUT2D eigenvalue weighted by atomic mass is 16.4. The smallest absolute Gasteiger partial charge is 0.358 e. The molecule has 0 saturated heterocycles. The van der Waals surface area contributed by atoms with Gasteiger partial charge in [0, 0.05) is 6.54 Å². The number of nitrogens with zero attached hydrogens (tertiary/aromatic N) is 5. The van der Waals surface area contributed by atoms with Gasteiger partial charge in [-0.2, -0.15) is 5.10 Å². The van der Waals surface area contributed by atoms with Crippen LogP contribution in [-0.2, 0) is 19.5 Å². The van der Waals surface area contributed by atoms with Gasteiger partial charge in [-0.15, -0.1) is 5.10 Å². The fourth-order valence-corrected chi connectivity index (χ4v) is 2.13. The third kappa shape index (κ3) is 2.49. The number of hydrogen-bond acceptors (Lipinski definition) is 4. The normalized spacial score (nSPS) is 10.9. The minimum Gasteiger partial charge on any atom is -0.476 e. The Bertz CT molecular complexity index is 599. The quantitative estimate of drug-likeness (QED) is 0.873. The lowest BCUT2D eigenvalue weighted by Crippen LogP contribution is -2.12. The van der Waals surface area contributed by atoms with Gasteiger partial charge in [0.15, 0.2) is 5.69 Å². The van der Waals surface area contributed by atoms with Gasteiger partial charge in [0.2, 0.25) is 0 Å². The number of carboxylic acids is 1. The summed E-state index contributed by atoms with van der Waals surface area (Å²) < 4.78 is 3.52. The SMILES string of the molecule is CCc1c(C(=O)O)nnn1Cc1cc(C)nn1CC. The molecule has 0 fully saturated rings. The minimum atomic E-state index is -1.04. The predicted octanol–water partition coefficient (Wildman–Crippen LogP) is 1.11. The molecule has 0 radical (unpaired) electrons. The summed E-state index contributed by atoms with van der Waals surface area (Å²) in [5.41, 5.74) is 2.60. The minimum absolute atomic E-state index is 0.0294. The standard InChI is InChI=1S/C12H17N5O2/c1-4-10-11(12(18)19)13-15-17(10)7-9-6-8(3)14-16(9)5-2/h6H,4-5,7H2,1-3H3,(H,18,19). The van der Waals surface area contributed by atoms with Crippen LogP contribution in [-0.4, -0.2) is 35.9 Å². The van der Waals surface area contributed by atoms with E-state index in [-0.39, 0.29) is 5.69 Å². The Labute approximate surface area is 110 Å². The van der Waals surface area contributed by atoms with Crippen LogP contribution in [0.1, 0.15) is 41.4 Å². The van der Waals surface area contributed by atoms with Crippen molar-refractivity contribution in [3.63, 3.8) is 0 Å². The van der Waals surface area contributed by atoms with E-state index in [0.717, 1.165) is 17.9 Å². The second-order valence-corrected chi connectivity index (χ2v) is 4.29. The van der Waals surface area contributed by atoms with E-state index in [2.05, 4.69) is 15.4 Å². The van der Waals surface area contributed by atoms with Gasteiger partial charge < -0.3 is 5.11 Å². The number of aryl methyl sites for hydroxylation is 2. The fraction of sp³-hybridized carbons (Fsp3) is 0.500. The van der Waals surface area contributed by atoms with Gasteiger partial charge >= 0.3 is 5.97 Å². The molecule has 7 nitrogen and oxygen atoms in total. The van der Waals surface area contributed by atoms with Gasteiger partial charge in [0.05, 0.1) is 23.6 Å². The van der Waals surface area contributed by atoms with Crippen molar-refractivity contribution in [2.45, 2.75) is 40.3 Å². The van der Waals surface area contributed by atoms with E-state index < -0.39 is 5.97 Å². The Balaban J connectivity index is 2.35. The lowest BCUT2D eigenvalue weighted by molar-refractivity contribution is 0.0689. The van der Waals surface area contributed by atoms with Crippen LogP contribution in [0.2, 0.25) is 0 Å². The zero-order chi connectivity index (χ0) is 14.0. The van der Waals surface area contributed by atoms with Crippen molar-refractivity contribution in [2.75, 3.05) is 0 Å². The van der Waals surface area contributed by atoms with Crippen LogP contribution >= 0.6 is 0 Å². The third-order valence-corrected chi connectivity index (χ3v) is 2.97. The lowest BCUT2D eigenvalue weighted by atomic mass is 10.2. The van der Waals surface area contributed by atoms with Crippen LogP contribution in [0.15, 0.2) is 6.07 Å². The molecular weight excluding hydrogens is 246 g/mol. The Morgan fingerprint density at radius 1 is 1.37 bits per heavy atom. The maximum atomic E-state index is 11.0. The zero-order valence-corrected chi connectivity index (χ0v) is 11.3. The molecule has 0 saturated carbocycles.